The Balaban J connectivity index is 1.99. The molecule has 1 aliphatic heterocycles. The molecule has 0 bridgehead atoms. The zero-order valence-corrected chi connectivity index (χ0v) is 12.2. The van der Waals surface area contributed by atoms with Crippen molar-refractivity contribution in [1.82, 2.24) is 5.32 Å². The Bertz CT molecular complexity index is 575. The van der Waals surface area contributed by atoms with Crippen LogP contribution in [0.3, 0.4) is 0 Å². The number of hydrogen-bond acceptors (Lipinski definition) is 3. The molecule has 6 heteroatoms. The third kappa shape index (κ3) is 3.99. The molecule has 0 aliphatic carbocycles. The van der Waals surface area contributed by atoms with Crippen molar-refractivity contribution < 1.29 is 17.2 Å². The summed E-state index contributed by atoms with van der Waals surface area (Å²) in [4.78, 5) is 0. The third-order valence-electron chi connectivity index (χ3n) is 3.83. The van der Waals surface area contributed by atoms with Crippen molar-refractivity contribution in [2.24, 2.45) is 5.92 Å². The molecule has 1 aliphatic rings. The average Bonchev–Trinajstić information content (AvgIpc) is 2.71. The Morgan fingerprint density at radius 3 is 2.70 bits per heavy atom. The Kier molecular flexibility index (Phi) is 4.75. The first-order chi connectivity index (χ1) is 9.39. The molecule has 1 fully saturated rings. The molecule has 0 radical (unpaired) electrons. The van der Waals surface area contributed by atoms with Crippen LogP contribution in [0.15, 0.2) is 18.2 Å². The van der Waals surface area contributed by atoms with E-state index in [0.717, 1.165) is 6.07 Å². The fourth-order valence-electron chi connectivity index (χ4n) is 2.72. The zero-order chi connectivity index (χ0) is 14.8. The maximum atomic E-state index is 13.6. The fourth-order valence-corrected chi connectivity index (χ4v) is 4.60. The smallest absolute Gasteiger partial charge is 0.150 e. The predicted octanol–water partition coefficient (Wildman–Crippen LogP) is 1.92. The van der Waals surface area contributed by atoms with Crippen molar-refractivity contribution in [3.63, 3.8) is 0 Å². The summed E-state index contributed by atoms with van der Waals surface area (Å²) in [5.74, 6) is -0.546. The van der Waals surface area contributed by atoms with Crippen molar-refractivity contribution in [3.8, 4) is 0 Å². The van der Waals surface area contributed by atoms with Crippen molar-refractivity contribution in [2.45, 2.75) is 25.3 Å². The van der Waals surface area contributed by atoms with E-state index in [4.69, 9.17) is 0 Å². The number of benzene rings is 1. The molecule has 1 heterocycles. The van der Waals surface area contributed by atoms with E-state index in [-0.39, 0.29) is 23.5 Å². The van der Waals surface area contributed by atoms with Crippen molar-refractivity contribution in [2.75, 3.05) is 18.6 Å². The van der Waals surface area contributed by atoms with Crippen LogP contribution in [0, 0.1) is 17.6 Å². The molecule has 2 atom stereocenters. The van der Waals surface area contributed by atoms with E-state index in [2.05, 4.69) is 5.32 Å². The Morgan fingerprint density at radius 1 is 1.40 bits per heavy atom. The molecule has 112 valence electrons. The lowest BCUT2D eigenvalue weighted by Gasteiger charge is -2.19. The summed E-state index contributed by atoms with van der Waals surface area (Å²) >= 11 is 0. The number of nitrogens with one attached hydrogen (secondary N) is 1. The molecule has 0 aromatic heterocycles. The SMILES string of the molecule is CNC(Cc1ccc(F)cc1F)CC1CCS(=O)(=O)C1. The Labute approximate surface area is 118 Å². The molecule has 1 aromatic carbocycles. The van der Waals surface area contributed by atoms with Crippen LogP contribution in [-0.4, -0.2) is 33.0 Å². The predicted molar refractivity (Wildman–Crippen MR) is 74.3 cm³/mol. The highest BCUT2D eigenvalue weighted by Crippen LogP contribution is 2.24. The topological polar surface area (TPSA) is 46.2 Å². The van der Waals surface area contributed by atoms with E-state index in [9.17, 15) is 17.2 Å². The first kappa shape index (κ1) is 15.4. The van der Waals surface area contributed by atoms with Gasteiger partial charge in [0, 0.05) is 12.1 Å². The zero-order valence-electron chi connectivity index (χ0n) is 11.4. The number of halogens is 2. The second-order valence-electron chi connectivity index (χ2n) is 5.43. The highest BCUT2D eigenvalue weighted by Gasteiger charge is 2.29. The second-order valence-corrected chi connectivity index (χ2v) is 7.66. The van der Waals surface area contributed by atoms with Crippen LogP contribution in [0.2, 0.25) is 0 Å². The van der Waals surface area contributed by atoms with Gasteiger partial charge in [-0.1, -0.05) is 6.07 Å². The maximum Gasteiger partial charge on any atom is 0.150 e. The number of sulfone groups is 1. The number of likely N-dealkylation sites (N-methyl/N-ethyl adjacent to an activating group) is 1. The maximum absolute atomic E-state index is 13.6. The van der Waals surface area contributed by atoms with Gasteiger partial charge in [0.1, 0.15) is 11.6 Å². The highest BCUT2D eigenvalue weighted by atomic mass is 32.2. The minimum absolute atomic E-state index is 0.00624. The summed E-state index contributed by atoms with van der Waals surface area (Å²) < 4.78 is 49.4. The molecule has 2 rings (SSSR count). The molecule has 1 N–H and O–H groups in total. The van der Waals surface area contributed by atoms with Gasteiger partial charge in [-0.05, 0) is 43.9 Å². The first-order valence-electron chi connectivity index (χ1n) is 6.71. The lowest BCUT2D eigenvalue weighted by Crippen LogP contribution is -2.30. The van der Waals surface area contributed by atoms with Crippen LogP contribution in [0.5, 0.6) is 0 Å². The fraction of sp³-hybridized carbons (Fsp3) is 0.571. The van der Waals surface area contributed by atoms with Gasteiger partial charge in [0.25, 0.3) is 0 Å². The third-order valence-corrected chi connectivity index (χ3v) is 5.67. The summed E-state index contributed by atoms with van der Waals surface area (Å²) in [6.07, 6.45) is 1.79. The van der Waals surface area contributed by atoms with Crippen LogP contribution in [0.25, 0.3) is 0 Å². The summed E-state index contributed by atoms with van der Waals surface area (Å²) in [6.45, 7) is 0. The van der Waals surface area contributed by atoms with Gasteiger partial charge in [0.05, 0.1) is 11.5 Å². The molecule has 20 heavy (non-hydrogen) atoms. The van der Waals surface area contributed by atoms with E-state index in [1.165, 1.54) is 12.1 Å². The molecule has 0 spiro atoms. The van der Waals surface area contributed by atoms with Crippen LogP contribution in [0.4, 0.5) is 8.78 Å². The van der Waals surface area contributed by atoms with E-state index in [0.29, 0.717) is 24.8 Å². The molecular formula is C14H19F2NO2S. The lowest BCUT2D eigenvalue weighted by atomic mass is 9.94. The van der Waals surface area contributed by atoms with Crippen LogP contribution in [0.1, 0.15) is 18.4 Å². The Hall–Kier alpha value is -1.01. The monoisotopic (exact) mass is 303 g/mol. The van der Waals surface area contributed by atoms with Gasteiger partial charge < -0.3 is 5.32 Å². The van der Waals surface area contributed by atoms with E-state index < -0.39 is 21.5 Å². The highest BCUT2D eigenvalue weighted by molar-refractivity contribution is 7.91. The molecule has 0 amide bonds. The van der Waals surface area contributed by atoms with Gasteiger partial charge in [-0.3, -0.25) is 0 Å². The van der Waals surface area contributed by atoms with E-state index >= 15 is 0 Å². The van der Waals surface area contributed by atoms with E-state index in [1.807, 2.05) is 0 Å². The molecule has 1 aromatic rings. The summed E-state index contributed by atoms with van der Waals surface area (Å²) in [6, 6.07) is 3.56. The van der Waals surface area contributed by atoms with E-state index in [1.54, 1.807) is 7.05 Å². The average molecular weight is 303 g/mol. The molecular weight excluding hydrogens is 284 g/mol. The van der Waals surface area contributed by atoms with Gasteiger partial charge in [-0.2, -0.15) is 0 Å². The van der Waals surface area contributed by atoms with Gasteiger partial charge in [-0.25, -0.2) is 17.2 Å². The Morgan fingerprint density at radius 2 is 2.15 bits per heavy atom. The molecule has 3 nitrogen and oxygen atoms in total. The van der Waals surface area contributed by atoms with Gasteiger partial charge in [-0.15, -0.1) is 0 Å². The second kappa shape index (κ2) is 6.18. The summed E-state index contributed by atoms with van der Waals surface area (Å²) in [7, 11) is -1.11. The number of hydrogen-bond donors (Lipinski definition) is 1. The summed E-state index contributed by atoms with van der Waals surface area (Å²) in [5, 5.41) is 3.09. The first-order valence-corrected chi connectivity index (χ1v) is 8.53. The van der Waals surface area contributed by atoms with Crippen LogP contribution < -0.4 is 5.32 Å². The lowest BCUT2D eigenvalue weighted by molar-refractivity contribution is 0.418. The minimum atomic E-state index is -2.89. The molecule has 0 saturated carbocycles. The van der Waals surface area contributed by atoms with Crippen LogP contribution in [-0.2, 0) is 16.3 Å². The molecule has 2 unspecified atom stereocenters. The van der Waals surface area contributed by atoms with Gasteiger partial charge in [0.15, 0.2) is 9.84 Å². The standard InChI is InChI=1S/C14H19F2NO2S/c1-17-13(6-10-4-5-20(18,19)9-10)7-11-2-3-12(15)8-14(11)16/h2-3,8,10,13,17H,4-7,9H2,1H3. The minimum Gasteiger partial charge on any atom is -0.317 e. The van der Waals surface area contributed by atoms with Crippen LogP contribution >= 0.6 is 0 Å². The van der Waals surface area contributed by atoms with Crippen molar-refractivity contribution in [3.05, 3.63) is 35.4 Å². The summed E-state index contributed by atoms with van der Waals surface area (Å²) in [5.41, 5.74) is 0.451. The van der Waals surface area contributed by atoms with Gasteiger partial charge in [0.2, 0.25) is 0 Å². The largest absolute Gasteiger partial charge is 0.317 e. The van der Waals surface area contributed by atoms with Crippen molar-refractivity contribution in [1.29, 1.82) is 0 Å². The van der Waals surface area contributed by atoms with Gasteiger partial charge >= 0.3 is 0 Å². The van der Waals surface area contributed by atoms with Crippen molar-refractivity contribution >= 4 is 9.84 Å². The molecule has 1 saturated heterocycles. The quantitative estimate of drug-likeness (QED) is 0.904. The number of rotatable bonds is 5. The normalized spacial score (nSPS) is 22.9.